The summed E-state index contributed by atoms with van der Waals surface area (Å²) >= 11 is 0. The Balaban J connectivity index is 1.64. The first-order chi connectivity index (χ1) is 17.9. The molecule has 0 radical (unpaired) electrons. The molecule has 1 atom stereocenters. The number of nitrogens with zero attached hydrogens (tertiary/aromatic N) is 1. The molecule has 0 aliphatic carbocycles. The van der Waals surface area contributed by atoms with Crippen LogP contribution in [0.3, 0.4) is 0 Å². The van der Waals surface area contributed by atoms with Crippen LogP contribution in [-0.2, 0) is 24.3 Å². The van der Waals surface area contributed by atoms with Crippen molar-refractivity contribution in [1.29, 1.82) is 0 Å². The van der Waals surface area contributed by atoms with E-state index in [1.54, 1.807) is 91.0 Å². The van der Waals surface area contributed by atoms with Gasteiger partial charge in [0.05, 0.1) is 20.8 Å². The van der Waals surface area contributed by atoms with E-state index in [1.807, 2.05) is 41.0 Å². The van der Waals surface area contributed by atoms with Gasteiger partial charge < -0.3 is 4.57 Å². The van der Waals surface area contributed by atoms with Gasteiger partial charge in [0.15, 0.2) is 9.79 Å². The second kappa shape index (κ2) is 8.81. The van der Waals surface area contributed by atoms with Crippen molar-refractivity contribution in [2.24, 2.45) is 0 Å². The third-order valence-corrected chi connectivity index (χ3v) is 10.0. The van der Waals surface area contributed by atoms with Gasteiger partial charge in [-0.2, -0.15) is 4.55 Å². The number of hydrogen-bond acceptors (Lipinski definition) is 3. The highest BCUT2D eigenvalue weighted by Crippen LogP contribution is 2.37. The molecule has 5 aromatic carbocycles. The second-order valence-electron chi connectivity index (χ2n) is 8.68. The van der Waals surface area contributed by atoms with Crippen LogP contribution in [0, 0.1) is 0 Å². The molecule has 0 aliphatic rings. The predicted octanol–water partition coefficient (Wildman–Crippen LogP) is 7.01. The van der Waals surface area contributed by atoms with Crippen molar-refractivity contribution in [2.75, 3.05) is 0 Å². The lowest BCUT2D eigenvalue weighted by Crippen LogP contribution is -2.10. The molecule has 1 N–H and O–H groups in total. The number of rotatable bonds is 5. The smallest absolute Gasteiger partial charge is 0.281 e. The average Bonchev–Trinajstić information content (AvgIpc) is 3.27. The molecule has 5 nitrogen and oxygen atoms in total. The first-order valence-corrected chi connectivity index (χ1v) is 14.6. The molecule has 182 valence electrons. The Hall–Kier alpha value is -4.04. The van der Waals surface area contributed by atoms with Gasteiger partial charge in [-0.25, -0.2) is 8.42 Å². The third-order valence-electron chi connectivity index (χ3n) is 6.47. The van der Waals surface area contributed by atoms with E-state index in [0.717, 1.165) is 16.7 Å². The standard InChI is InChI=1S/C30H21NO4S2/c32-36(33,23-12-6-2-7-13-23)25-16-18-29-27(20-25)28-21-26(37(34,35)24-14-8-3-9-15-24)17-19-30(28)31(29)22-10-4-1-5-11-22/h1-21H/p+1. The minimum atomic E-state index is -3.75. The van der Waals surface area contributed by atoms with E-state index in [-0.39, 0.29) is 14.7 Å². The summed E-state index contributed by atoms with van der Waals surface area (Å²) in [5.41, 5.74) is 2.51. The molecule has 0 fully saturated rings. The maximum atomic E-state index is 13.5. The Morgan fingerprint density at radius 2 is 1.11 bits per heavy atom. The number of sulfone groups is 1. The summed E-state index contributed by atoms with van der Waals surface area (Å²) in [5.74, 6) is 0. The number of fused-ring (bicyclic) bond motifs is 3. The number of hydrogen-bond donors (Lipinski definition) is 1. The Bertz CT molecular complexity index is 1910. The van der Waals surface area contributed by atoms with E-state index in [2.05, 4.69) is 0 Å². The Morgan fingerprint density at radius 1 is 0.568 bits per heavy atom. The molecule has 6 aromatic rings. The topological polar surface area (TPSA) is 76.4 Å². The van der Waals surface area contributed by atoms with Crippen molar-refractivity contribution < 1.29 is 17.2 Å². The van der Waals surface area contributed by atoms with Gasteiger partial charge in [0.2, 0.25) is 9.84 Å². The molecule has 1 unspecified atom stereocenters. The van der Waals surface area contributed by atoms with Crippen LogP contribution in [0.15, 0.2) is 147 Å². The normalized spacial score (nSPS) is 13.5. The lowest BCUT2D eigenvalue weighted by molar-refractivity contribution is 0.497. The molecule has 0 amide bonds. The second-order valence-corrected chi connectivity index (χ2v) is 12.6. The highest BCUT2D eigenvalue weighted by Gasteiger charge is 2.33. The van der Waals surface area contributed by atoms with Crippen molar-refractivity contribution in [2.45, 2.75) is 19.6 Å². The lowest BCUT2D eigenvalue weighted by atomic mass is 10.1. The maximum Gasteiger partial charge on any atom is 0.281 e. The van der Waals surface area contributed by atoms with Crippen LogP contribution in [0.1, 0.15) is 0 Å². The summed E-state index contributed by atoms with van der Waals surface area (Å²) in [6.45, 7) is 0. The van der Waals surface area contributed by atoms with Crippen molar-refractivity contribution in [3.05, 3.63) is 127 Å². The van der Waals surface area contributed by atoms with Crippen molar-refractivity contribution in [3.8, 4) is 5.69 Å². The maximum absolute atomic E-state index is 13.5. The fraction of sp³-hybridized carbons (Fsp3) is 0. The van der Waals surface area contributed by atoms with Gasteiger partial charge in [-0.05, 0) is 66.7 Å². The highest BCUT2D eigenvalue weighted by molar-refractivity contribution is 7.97. The zero-order valence-electron chi connectivity index (χ0n) is 19.6. The minimum absolute atomic E-state index is 0.163. The summed E-state index contributed by atoms with van der Waals surface area (Å²) in [5, 5.41) is 1.38. The first kappa shape index (κ1) is 23.4. The molecule has 6 rings (SSSR count). The van der Waals surface area contributed by atoms with E-state index in [0.29, 0.717) is 15.7 Å². The van der Waals surface area contributed by atoms with Crippen LogP contribution in [0.25, 0.3) is 27.5 Å². The van der Waals surface area contributed by atoms with E-state index in [9.17, 15) is 17.2 Å². The van der Waals surface area contributed by atoms with Gasteiger partial charge in [0.25, 0.3) is 10.2 Å². The van der Waals surface area contributed by atoms with Crippen LogP contribution in [-0.4, -0.2) is 17.5 Å². The summed E-state index contributed by atoms with van der Waals surface area (Å²) in [4.78, 5) is 0.948. The number of para-hydroxylation sites is 1. The first-order valence-electron chi connectivity index (χ1n) is 11.6. The molecule has 0 aliphatic heterocycles. The molecule has 0 saturated heterocycles. The molecule has 0 spiro atoms. The zero-order valence-corrected chi connectivity index (χ0v) is 21.2. The summed E-state index contributed by atoms with van der Waals surface area (Å²) in [7, 11) is -7.26. The third kappa shape index (κ3) is 3.88. The van der Waals surface area contributed by atoms with Gasteiger partial charge in [-0.3, -0.25) is 0 Å². The van der Waals surface area contributed by atoms with Gasteiger partial charge in [0, 0.05) is 22.5 Å². The zero-order chi connectivity index (χ0) is 25.6. The molecule has 0 bridgehead atoms. The molecular weight excluding hydrogens is 502 g/mol. The summed E-state index contributed by atoms with van der Waals surface area (Å²) in [6, 6.07) is 36.8. The fourth-order valence-corrected chi connectivity index (χ4v) is 7.29. The fourth-order valence-electron chi connectivity index (χ4n) is 4.65. The molecule has 7 heteroatoms. The van der Waals surface area contributed by atoms with Crippen molar-refractivity contribution in [3.63, 3.8) is 0 Å². The monoisotopic (exact) mass is 524 g/mol. The minimum Gasteiger partial charge on any atom is -0.309 e. The summed E-state index contributed by atoms with van der Waals surface area (Å²) < 4.78 is 53.4. The SMILES string of the molecule is O=S(=O)(c1ccccc1)c1ccc2c(c1)c1cc([S+](=O)(O)c3ccccc3)ccc1n2-c1ccccc1. The average molecular weight is 525 g/mol. The van der Waals surface area contributed by atoms with Crippen LogP contribution >= 0.6 is 0 Å². The van der Waals surface area contributed by atoms with E-state index >= 15 is 0 Å². The van der Waals surface area contributed by atoms with Gasteiger partial charge in [-0.1, -0.05) is 58.8 Å². The van der Waals surface area contributed by atoms with Crippen LogP contribution in [0.4, 0.5) is 0 Å². The van der Waals surface area contributed by atoms with Gasteiger partial charge in [-0.15, -0.1) is 0 Å². The van der Waals surface area contributed by atoms with Gasteiger partial charge in [0.1, 0.15) is 0 Å². The molecule has 1 aromatic heterocycles. The van der Waals surface area contributed by atoms with Crippen LogP contribution in [0.2, 0.25) is 0 Å². The van der Waals surface area contributed by atoms with Crippen molar-refractivity contribution in [1.82, 2.24) is 4.57 Å². The van der Waals surface area contributed by atoms with Crippen LogP contribution in [0.5, 0.6) is 0 Å². The number of benzene rings is 5. The van der Waals surface area contributed by atoms with Crippen LogP contribution < -0.4 is 0 Å². The molecular formula is C30H22NO4S2+. The Kier molecular flexibility index (Phi) is 5.56. The summed E-state index contributed by atoms with van der Waals surface area (Å²) in [6.07, 6.45) is 0. The van der Waals surface area contributed by atoms with E-state index < -0.39 is 20.1 Å². The van der Waals surface area contributed by atoms with E-state index in [4.69, 9.17) is 0 Å². The largest absolute Gasteiger partial charge is 0.309 e. The Morgan fingerprint density at radius 3 is 1.76 bits per heavy atom. The molecule has 0 saturated carbocycles. The molecule has 1 heterocycles. The number of aromatic nitrogens is 1. The highest BCUT2D eigenvalue weighted by atomic mass is 32.3. The van der Waals surface area contributed by atoms with Gasteiger partial charge >= 0.3 is 0 Å². The lowest BCUT2D eigenvalue weighted by Gasteiger charge is -2.08. The quantitative estimate of drug-likeness (QED) is 0.246. The molecule has 37 heavy (non-hydrogen) atoms. The van der Waals surface area contributed by atoms with E-state index in [1.165, 1.54) is 0 Å². The predicted molar refractivity (Wildman–Crippen MR) is 146 cm³/mol. The van der Waals surface area contributed by atoms with Crippen molar-refractivity contribution >= 4 is 41.9 Å². The Labute approximate surface area is 215 Å².